The van der Waals surface area contributed by atoms with Crippen LogP contribution < -0.4 is 5.73 Å². The Morgan fingerprint density at radius 1 is 1.44 bits per heavy atom. The van der Waals surface area contributed by atoms with Crippen LogP contribution >= 0.6 is 0 Å². The molecule has 0 aliphatic carbocycles. The Labute approximate surface area is 93.6 Å². The zero-order valence-electron chi connectivity index (χ0n) is 9.38. The van der Waals surface area contributed by atoms with E-state index in [4.69, 9.17) is 14.7 Å². The topological polar surface area (TPSA) is 78.1 Å². The summed E-state index contributed by atoms with van der Waals surface area (Å²) in [6, 6.07) is 1.58. The van der Waals surface area contributed by atoms with E-state index in [9.17, 15) is 0 Å². The van der Waals surface area contributed by atoms with Gasteiger partial charge in [-0.1, -0.05) is 19.0 Å². The minimum atomic E-state index is -0.201. The Hall–Kier alpha value is -1.62. The number of nitrogens with two attached hydrogens (primary N) is 1. The molecule has 86 valence electrons. The van der Waals surface area contributed by atoms with Gasteiger partial charge in [0.1, 0.15) is 6.26 Å². The highest BCUT2D eigenvalue weighted by atomic mass is 16.5. The summed E-state index contributed by atoms with van der Waals surface area (Å²) in [4.78, 5) is 4.24. The van der Waals surface area contributed by atoms with Crippen LogP contribution in [0, 0.1) is 5.92 Å². The summed E-state index contributed by atoms with van der Waals surface area (Å²) in [6.07, 6.45) is 3.97. The number of rotatable bonds is 4. The average molecular weight is 221 g/mol. The van der Waals surface area contributed by atoms with E-state index in [1.165, 1.54) is 0 Å². The van der Waals surface area contributed by atoms with Crippen molar-refractivity contribution in [1.82, 2.24) is 10.1 Å². The van der Waals surface area contributed by atoms with Crippen LogP contribution in [0.2, 0.25) is 0 Å². The van der Waals surface area contributed by atoms with E-state index in [0.29, 0.717) is 17.6 Å². The summed E-state index contributed by atoms with van der Waals surface area (Å²) in [6.45, 7) is 4.21. The van der Waals surface area contributed by atoms with Crippen LogP contribution in [0.5, 0.6) is 0 Å². The molecule has 5 heteroatoms. The lowest BCUT2D eigenvalue weighted by molar-refractivity contribution is 0.335. The first-order valence-electron chi connectivity index (χ1n) is 5.28. The summed E-state index contributed by atoms with van der Waals surface area (Å²) in [7, 11) is 0. The van der Waals surface area contributed by atoms with Crippen molar-refractivity contribution in [2.24, 2.45) is 11.7 Å². The monoisotopic (exact) mass is 221 g/mol. The van der Waals surface area contributed by atoms with Gasteiger partial charge in [-0.25, -0.2) is 0 Å². The smallest absolute Gasteiger partial charge is 0.243 e. The van der Waals surface area contributed by atoms with Gasteiger partial charge in [0, 0.05) is 0 Å². The Balaban J connectivity index is 2.13. The van der Waals surface area contributed by atoms with Gasteiger partial charge in [-0.3, -0.25) is 0 Å². The van der Waals surface area contributed by atoms with Crippen molar-refractivity contribution in [3.05, 3.63) is 24.5 Å². The van der Waals surface area contributed by atoms with Gasteiger partial charge in [-0.2, -0.15) is 4.98 Å². The fraction of sp³-hybridized carbons (Fsp3) is 0.455. The predicted octanol–water partition coefficient (Wildman–Crippen LogP) is 2.38. The fourth-order valence-electron chi connectivity index (χ4n) is 1.50. The number of nitrogens with zero attached hydrogens (tertiary/aromatic N) is 2. The number of hydrogen-bond donors (Lipinski definition) is 1. The number of aromatic nitrogens is 2. The van der Waals surface area contributed by atoms with Crippen molar-refractivity contribution in [2.75, 3.05) is 0 Å². The van der Waals surface area contributed by atoms with Gasteiger partial charge in [-0.15, -0.1) is 0 Å². The molecule has 0 fully saturated rings. The predicted molar refractivity (Wildman–Crippen MR) is 58.4 cm³/mol. The van der Waals surface area contributed by atoms with Gasteiger partial charge < -0.3 is 14.7 Å². The highest BCUT2D eigenvalue weighted by molar-refractivity contribution is 5.51. The minimum Gasteiger partial charge on any atom is -0.472 e. The zero-order chi connectivity index (χ0) is 11.5. The largest absolute Gasteiger partial charge is 0.472 e. The van der Waals surface area contributed by atoms with Gasteiger partial charge in [-0.05, 0) is 18.4 Å². The molecule has 0 unspecified atom stereocenters. The molecule has 5 nitrogen and oxygen atoms in total. The van der Waals surface area contributed by atoms with Crippen LogP contribution in [-0.2, 0) is 0 Å². The van der Waals surface area contributed by atoms with Gasteiger partial charge in [0.05, 0.1) is 17.9 Å². The number of hydrogen-bond acceptors (Lipinski definition) is 5. The van der Waals surface area contributed by atoms with Crippen molar-refractivity contribution in [2.45, 2.75) is 26.3 Å². The summed E-state index contributed by atoms with van der Waals surface area (Å²) in [5.41, 5.74) is 6.74. The Morgan fingerprint density at radius 2 is 2.25 bits per heavy atom. The molecule has 0 aliphatic rings. The third-order valence-corrected chi connectivity index (χ3v) is 2.26. The highest BCUT2D eigenvalue weighted by Crippen LogP contribution is 2.21. The van der Waals surface area contributed by atoms with Crippen molar-refractivity contribution in [3.63, 3.8) is 0 Å². The van der Waals surface area contributed by atoms with Crippen molar-refractivity contribution in [1.29, 1.82) is 0 Å². The van der Waals surface area contributed by atoms with E-state index in [1.807, 2.05) is 0 Å². The molecule has 0 saturated heterocycles. The highest BCUT2D eigenvalue weighted by Gasteiger charge is 2.17. The lowest BCUT2D eigenvalue weighted by Gasteiger charge is -2.08. The van der Waals surface area contributed by atoms with Crippen LogP contribution in [0.1, 0.15) is 32.2 Å². The van der Waals surface area contributed by atoms with E-state index in [2.05, 4.69) is 24.0 Å². The van der Waals surface area contributed by atoms with Crippen LogP contribution in [0.4, 0.5) is 0 Å². The van der Waals surface area contributed by atoms with Gasteiger partial charge in [0.25, 0.3) is 0 Å². The van der Waals surface area contributed by atoms with Crippen molar-refractivity contribution in [3.8, 4) is 11.4 Å². The van der Waals surface area contributed by atoms with Crippen molar-refractivity contribution < 1.29 is 8.94 Å². The van der Waals surface area contributed by atoms with E-state index in [1.54, 1.807) is 18.6 Å². The maximum Gasteiger partial charge on any atom is 0.243 e. The molecule has 2 heterocycles. The molecular formula is C11H15N3O2. The third-order valence-electron chi connectivity index (χ3n) is 2.26. The van der Waals surface area contributed by atoms with Crippen LogP contribution in [-0.4, -0.2) is 10.1 Å². The summed E-state index contributed by atoms with van der Waals surface area (Å²) in [5.74, 6) is 1.49. The molecule has 0 aromatic carbocycles. The first-order chi connectivity index (χ1) is 7.66. The standard InChI is InChI=1S/C11H15N3O2/c1-7(2)5-9(12)11-13-10(14-16-11)8-3-4-15-6-8/h3-4,6-7,9H,5,12H2,1-2H3/t9-/m0/s1. The quantitative estimate of drug-likeness (QED) is 0.857. The fourth-order valence-corrected chi connectivity index (χ4v) is 1.50. The van der Waals surface area contributed by atoms with E-state index < -0.39 is 0 Å². The van der Waals surface area contributed by atoms with Crippen molar-refractivity contribution >= 4 is 0 Å². The lowest BCUT2D eigenvalue weighted by atomic mass is 10.0. The minimum absolute atomic E-state index is 0.201. The normalized spacial score (nSPS) is 13.2. The molecule has 0 bridgehead atoms. The summed E-state index contributed by atoms with van der Waals surface area (Å²) < 4.78 is 10.1. The number of furan rings is 1. The Kier molecular flexibility index (Phi) is 3.05. The molecule has 2 aromatic heterocycles. The molecule has 0 radical (unpaired) electrons. The molecule has 16 heavy (non-hydrogen) atoms. The average Bonchev–Trinajstić information content (AvgIpc) is 2.87. The molecule has 0 aliphatic heterocycles. The first kappa shape index (κ1) is 10.9. The maximum absolute atomic E-state index is 5.94. The molecule has 1 atom stereocenters. The maximum atomic E-state index is 5.94. The van der Waals surface area contributed by atoms with Crippen LogP contribution in [0.25, 0.3) is 11.4 Å². The molecule has 2 N–H and O–H groups in total. The van der Waals surface area contributed by atoms with E-state index >= 15 is 0 Å². The SMILES string of the molecule is CC(C)C[C@H](N)c1nc(-c2ccoc2)no1. The van der Waals surface area contributed by atoms with E-state index in [0.717, 1.165) is 12.0 Å². The molecule has 2 rings (SSSR count). The van der Waals surface area contributed by atoms with Crippen LogP contribution in [0.3, 0.4) is 0 Å². The summed E-state index contributed by atoms with van der Waals surface area (Å²) >= 11 is 0. The molecule has 0 amide bonds. The van der Waals surface area contributed by atoms with Gasteiger partial charge >= 0.3 is 0 Å². The van der Waals surface area contributed by atoms with Crippen LogP contribution in [0.15, 0.2) is 27.5 Å². The van der Waals surface area contributed by atoms with E-state index in [-0.39, 0.29) is 6.04 Å². The third kappa shape index (κ3) is 2.30. The molecule has 2 aromatic rings. The second kappa shape index (κ2) is 4.49. The second-order valence-electron chi connectivity index (χ2n) is 4.20. The Bertz CT molecular complexity index is 434. The summed E-state index contributed by atoms with van der Waals surface area (Å²) in [5, 5.41) is 3.86. The molecule has 0 saturated carbocycles. The first-order valence-corrected chi connectivity index (χ1v) is 5.28. The lowest BCUT2D eigenvalue weighted by Crippen LogP contribution is -2.13. The zero-order valence-corrected chi connectivity index (χ0v) is 9.38. The van der Waals surface area contributed by atoms with Gasteiger partial charge in [0.2, 0.25) is 11.7 Å². The molecular weight excluding hydrogens is 206 g/mol. The molecule has 0 spiro atoms. The van der Waals surface area contributed by atoms with Gasteiger partial charge in [0.15, 0.2) is 0 Å². The second-order valence-corrected chi connectivity index (χ2v) is 4.20. The Morgan fingerprint density at radius 3 is 2.88 bits per heavy atom.